The molecule has 5 rings (SSSR count). The summed E-state index contributed by atoms with van der Waals surface area (Å²) in [6.07, 6.45) is 5.55. The van der Waals surface area contributed by atoms with Gasteiger partial charge in [-0.3, -0.25) is 9.59 Å². The molecule has 5 aliphatic rings. The van der Waals surface area contributed by atoms with Gasteiger partial charge in [-0.05, 0) is 67.1 Å². The highest BCUT2D eigenvalue weighted by Crippen LogP contribution is 2.76. The summed E-state index contributed by atoms with van der Waals surface area (Å²) in [5.41, 5.74) is -0.837. The van der Waals surface area contributed by atoms with E-state index >= 15 is 4.39 Å². The van der Waals surface area contributed by atoms with Gasteiger partial charge in [0.1, 0.15) is 17.8 Å². The Morgan fingerprint density at radius 2 is 2.07 bits per heavy atom. The lowest BCUT2D eigenvalue weighted by molar-refractivity contribution is -0.121. The van der Waals surface area contributed by atoms with Crippen molar-refractivity contribution >= 4 is 22.7 Å². The quantitative estimate of drug-likeness (QED) is 0.635. The summed E-state index contributed by atoms with van der Waals surface area (Å²) in [4.78, 5) is 24.6. The summed E-state index contributed by atoms with van der Waals surface area (Å²) >= 11 is 0.769. The first-order valence-electron chi connectivity index (χ1n) is 10.2. The van der Waals surface area contributed by atoms with Crippen LogP contribution in [-0.2, 0) is 14.3 Å². The third kappa shape index (κ3) is 2.09. The molecule has 0 aromatic rings. The van der Waals surface area contributed by atoms with Crippen molar-refractivity contribution in [1.29, 1.82) is 0 Å². The van der Waals surface area contributed by atoms with Gasteiger partial charge in [0.25, 0.3) is 0 Å². The number of halogens is 2. The molecule has 152 valence electrons. The maximum atomic E-state index is 15.3. The van der Waals surface area contributed by atoms with Crippen molar-refractivity contribution in [1.82, 2.24) is 0 Å². The minimum atomic E-state index is -1.17. The normalized spacial score (nSPS) is 53.6. The van der Waals surface area contributed by atoms with E-state index in [0.717, 1.165) is 24.6 Å². The first-order chi connectivity index (χ1) is 13.2. The van der Waals surface area contributed by atoms with Crippen molar-refractivity contribution in [3.8, 4) is 0 Å². The Labute approximate surface area is 168 Å². The Balaban J connectivity index is 1.57. The molecule has 1 spiro atoms. The molecule has 0 bridgehead atoms. The average molecular weight is 409 g/mol. The van der Waals surface area contributed by atoms with E-state index in [-0.39, 0.29) is 46.1 Å². The highest BCUT2D eigenvalue weighted by atomic mass is 32.2. The van der Waals surface area contributed by atoms with Crippen molar-refractivity contribution in [3.05, 3.63) is 23.8 Å². The molecule has 0 aromatic carbocycles. The molecule has 0 aromatic heterocycles. The van der Waals surface area contributed by atoms with Crippen LogP contribution in [0.25, 0.3) is 0 Å². The molecule has 0 radical (unpaired) electrons. The predicted octanol–water partition coefficient (Wildman–Crippen LogP) is 4.42. The van der Waals surface area contributed by atoms with Gasteiger partial charge in [-0.25, -0.2) is 8.78 Å². The Morgan fingerprint density at radius 1 is 1.32 bits per heavy atom. The van der Waals surface area contributed by atoms with Crippen LogP contribution in [0.1, 0.15) is 40.0 Å². The minimum Gasteiger partial charge on any atom is -0.364 e. The van der Waals surface area contributed by atoms with E-state index in [1.807, 2.05) is 13.0 Å². The molecule has 1 heterocycles. The van der Waals surface area contributed by atoms with Gasteiger partial charge in [-0.1, -0.05) is 31.7 Å². The molecular weight excluding hydrogens is 382 g/mol. The number of carbonyl (C=O) groups excluding carboxylic acids is 2. The Kier molecular flexibility index (Phi) is 3.92. The monoisotopic (exact) mass is 408 g/mol. The van der Waals surface area contributed by atoms with Crippen molar-refractivity contribution in [2.75, 3.05) is 6.01 Å². The van der Waals surface area contributed by atoms with Crippen LogP contribution < -0.4 is 0 Å². The Morgan fingerprint density at radius 3 is 2.79 bits per heavy atom. The number of ether oxygens (including phenoxy) is 1. The van der Waals surface area contributed by atoms with E-state index in [4.69, 9.17) is 4.74 Å². The van der Waals surface area contributed by atoms with Crippen LogP contribution in [-0.4, -0.2) is 34.8 Å². The van der Waals surface area contributed by atoms with E-state index in [1.165, 1.54) is 6.08 Å². The summed E-state index contributed by atoms with van der Waals surface area (Å²) in [6, 6.07) is -0.701. The highest BCUT2D eigenvalue weighted by Gasteiger charge is 2.80. The number of thioether (sulfide) groups is 1. The Bertz CT molecular complexity index is 825. The molecule has 4 fully saturated rings. The number of carbonyl (C=O) groups is 2. The number of fused-ring (bicyclic) bond motifs is 3. The number of epoxide rings is 1. The van der Waals surface area contributed by atoms with E-state index in [9.17, 15) is 14.0 Å². The van der Waals surface area contributed by atoms with Crippen LogP contribution in [0.5, 0.6) is 0 Å². The van der Waals surface area contributed by atoms with Crippen LogP contribution in [0, 0.1) is 34.5 Å². The van der Waals surface area contributed by atoms with Crippen LogP contribution in [0.15, 0.2) is 23.8 Å². The fourth-order valence-electron chi connectivity index (χ4n) is 7.65. The van der Waals surface area contributed by atoms with Gasteiger partial charge < -0.3 is 4.74 Å². The first-order valence-corrected chi connectivity index (χ1v) is 11.2. The molecule has 9 atom stereocenters. The van der Waals surface area contributed by atoms with E-state index < -0.39 is 23.2 Å². The second-order valence-electron chi connectivity index (χ2n) is 9.83. The lowest BCUT2D eigenvalue weighted by Crippen LogP contribution is -2.59. The van der Waals surface area contributed by atoms with Gasteiger partial charge in [-0.2, -0.15) is 0 Å². The lowest BCUT2D eigenvalue weighted by atomic mass is 9.47. The lowest BCUT2D eigenvalue weighted by Gasteiger charge is -2.55. The number of hydrogen-bond donors (Lipinski definition) is 0. The van der Waals surface area contributed by atoms with E-state index in [0.29, 0.717) is 12.0 Å². The van der Waals surface area contributed by atoms with Gasteiger partial charge >= 0.3 is 0 Å². The van der Waals surface area contributed by atoms with Crippen LogP contribution in [0.4, 0.5) is 8.78 Å². The summed E-state index contributed by atoms with van der Waals surface area (Å²) in [7, 11) is 0. The van der Waals surface area contributed by atoms with Crippen molar-refractivity contribution in [3.63, 3.8) is 0 Å². The van der Waals surface area contributed by atoms with Gasteiger partial charge in [0, 0.05) is 11.3 Å². The van der Waals surface area contributed by atoms with Gasteiger partial charge in [0.2, 0.25) is 0 Å². The minimum absolute atomic E-state index is 0.00174. The molecule has 28 heavy (non-hydrogen) atoms. The fraction of sp³-hybridized carbons (Fsp3) is 0.727. The second kappa shape index (κ2) is 5.78. The smallest absolute Gasteiger partial charge is 0.195 e. The second-order valence-corrected chi connectivity index (χ2v) is 10.7. The molecule has 9 unspecified atom stereocenters. The largest absolute Gasteiger partial charge is 0.364 e. The third-order valence-corrected chi connectivity index (χ3v) is 9.36. The SMILES string of the molecule is CC1CC2C3CC(F)C4=CC(=O)C=CC4(C)C34OC4CC2(C)C1C(=O)SCF. The molecule has 4 aliphatic carbocycles. The van der Waals surface area contributed by atoms with Crippen LogP contribution in [0.2, 0.25) is 0 Å². The van der Waals surface area contributed by atoms with E-state index in [1.54, 1.807) is 6.08 Å². The molecule has 3 nitrogen and oxygen atoms in total. The molecule has 1 saturated heterocycles. The van der Waals surface area contributed by atoms with Crippen LogP contribution >= 0.6 is 11.8 Å². The molecular formula is C22H26F2O3S. The first kappa shape index (κ1) is 19.0. The molecule has 0 amide bonds. The number of ketones is 1. The maximum absolute atomic E-state index is 15.3. The summed E-state index contributed by atoms with van der Waals surface area (Å²) < 4.78 is 34.6. The van der Waals surface area contributed by atoms with E-state index in [2.05, 4.69) is 13.8 Å². The van der Waals surface area contributed by atoms with Gasteiger partial charge in [0.05, 0.1) is 6.10 Å². The zero-order chi connectivity index (χ0) is 20.1. The summed E-state index contributed by atoms with van der Waals surface area (Å²) in [5.74, 6) is -0.0553. The van der Waals surface area contributed by atoms with Crippen LogP contribution in [0.3, 0.4) is 0 Å². The van der Waals surface area contributed by atoms with Crippen molar-refractivity contribution in [2.45, 2.75) is 57.9 Å². The zero-order valence-electron chi connectivity index (χ0n) is 16.4. The Hall–Kier alpha value is -1.01. The highest BCUT2D eigenvalue weighted by molar-refractivity contribution is 8.13. The number of hydrogen-bond acceptors (Lipinski definition) is 4. The fourth-order valence-corrected chi connectivity index (χ4v) is 8.44. The maximum Gasteiger partial charge on any atom is 0.195 e. The van der Waals surface area contributed by atoms with Gasteiger partial charge in [0.15, 0.2) is 10.9 Å². The third-order valence-electron chi connectivity index (χ3n) is 8.71. The summed E-state index contributed by atoms with van der Waals surface area (Å²) in [6.45, 7) is 6.21. The molecule has 1 aliphatic heterocycles. The molecule has 0 N–H and O–H groups in total. The number of rotatable bonds is 2. The number of alkyl halides is 2. The topological polar surface area (TPSA) is 46.7 Å². The molecule has 3 saturated carbocycles. The van der Waals surface area contributed by atoms with Crippen molar-refractivity contribution in [2.24, 2.45) is 34.5 Å². The zero-order valence-corrected chi connectivity index (χ0v) is 17.2. The number of allylic oxidation sites excluding steroid dienone is 2. The predicted molar refractivity (Wildman–Crippen MR) is 103 cm³/mol. The van der Waals surface area contributed by atoms with Gasteiger partial charge in [-0.15, -0.1) is 0 Å². The molecule has 6 heteroatoms. The summed E-state index contributed by atoms with van der Waals surface area (Å²) in [5, 5.41) is -0.0734. The average Bonchev–Trinajstić information content (AvgIpc) is 3.27. The van der Waals surface area contributed by atoms with Crippen molar-refractivity contribution < 1.29 is 23.1 Å². The standard InChI is InChI=1S/C22H26F2O3S/c1-11-6-13-14-8-16(24)15-7-12(25)4-5-21(15,3)22(14)17(27-22)9-20(13,2)18(11)19(26)28-10-23/h4-5,7,11,13-14,16-18H,6,8-10H2,1-3H3.